The van der Waals surface area contributed by atoms with Crippen molar-refractivity contribution in [3.05, 3.63) is 98.6 Å². The van der Waals surface area contributed by atoms with Gasteiger partial charge in [-0.3, -0.25) is 29.5 Å². The first-order valence-corrected chi connectivity index (χ1v) is 22.2. The number of carbonyl (C=O) groups is 3. The number of hydrogen-bond donors (Lipinski definition) is 3. The number of benzene rings is 1. The summed E-state index contributed by atoms with van der Waals surface area (Å²) in [4.78, 5) is 64.5. The van der Waals surface area contributed by atoms with E-state index in [0.717, 1.165) is 92.1 Å². The SMILES string of the molecule is COc1ncc(-c2ccnc(N3CCc4c(sc5c4CCCC5)C3=O)c2CO)cc1Nc1ccc(N2CCN(C3CCCCN3c3cccc4c3C(=O)NC4=O)C[C@@H]2C)cn1. The lowest BCUT2D eigenvalue weighted by molar-refractivity contribution is 0.0878. The van der Waals surface area contributed by atoms with Crippen LogP contribution in [0.5, 0.6) is 5.88 Å². The zero-order valence-corrected chi connectivity index (χ0v) is 35.3. The number of aromatic nitrogens is 3. The van der Waals surface area contributed by atoms with Gasteiger partial charge in [-0.25, -0.2) is 15.0 Å². The van der Waals surface area contributed by atoms with Gasteiger partial charge in [-0.05, 0) is 111 Å². The van der Waals surface area contributed by atoms with Crippen LogP contribution in [0.15, 0.2) is 61.1 Å². The lowest BCUT2D eigenvalue weighted by atomic mass is 9.92. The fourth-order valence-electron chi connectivity index (χ4n) is 10.1. The molecule has 4 aliphatic heterocycles. The number of hydrogen-bond acceptors (Lipinski definition) is 13. The molecule has 4 aromatic heterocycles. The van der Waals surface area contributed by atoms with E-state index < -0.39 is 0 Å². The summed E-state index contributed by atoms with van der Waals surface area (Å²) < 4.78 is 5.66. The topological polar surface area (TPSA) is 156 Å². The number of methoxy groups -OCH3 is 1. The smallest absolute Gasteiger partial charge is 0.269 e. The summed E-state index contributed by atoms with van der Waals surface area (Å²) in [6.45, 7) is 5.79. The number of carbonyl (C=O) groups excluding carboxylic acids is 3. The first kappa shape index (κ1) is 39.2. The Hall–Kier alpha value is -5.90. The number of thiophene rings is 1. The highest BCUT2D eigenvalue weighted by Crippen LogP contribution is 2.41. The molecule has 15 heteroatoms. The maximum Gasteiger partial charge on any atom is 0.269 e. The predicted molar refractivity (Wildman–Crippen MR) is 235 cm³/mol. The lowest BCUT2D eigenvalue weighted by Gasteiger charge is -2.49. The van der Waals surface area contributed by atoms with Gasteiger partial charge in [-0.2, -0.15) is 0 Å². The molecule has 61 heavy (non-hydrogen) atoms. The number of piperazine rings is 1. The molecule has 8 heterocycles. The molecule has 314 valence electrons. The molecule has 1 aromatic carbocycles. The Balaban J connectivity index is 0.844. The quantitative estimate of drug-likeness (QED) is 0.142. The molecule has 2 atom stereocenters. The van der Waals surface area contributed by atoms with Crippen molar-refractivity contribution in [2.24, 2.45) is 0 Å². The molecular weight excluding hydrogens is 791 g/mol. The van der Waals surface area contributed by atoms with E-state index in [1.54, 1.807) is 41.8 Å². The highest BCUT2D eigenvalue weighted by molar-refractivity contribution is 7.14. The van der Waals surface area contributed by atoms with Gasteiger partial charge < -0.3 is 25.0 Å². The van der Waals surface area contributed by atoms with Crippen LogP contribution in [0, 0.1) is 0 Å². The number of amides is 3. The van der Waals surface area contributed by atoms with E-state index in [1.165, 1.54) is 28.8 Å². The second-order valence-corrected chi connectivity index (χ2v) is 17.6. The average Bonchev–Trinajstić information content (AvgIpc) is 3.83. The number of piperidine rings is 1. The predicted octanol–water partition coefficient (Wildman–Crippen LogP) is 6.34. The number of rotatable bonds is 9. The Kier molecular flexibility index (Phi) is 10.4. The van der Waals surface area contributed by atoms with Gasteiger partial charge in [0.1, 0.15) is 17.3 Å². The van der Waals surface area contributed by atoms with E-state index in [1.807, 2.05) is 36.5 Å². The van der Waals surface area contributed by atoms with Gasteiger partial charge in [-0.15, -0.1) is 11.3 Å². The molecular formula is C46H49N9O5S. The fraction of sp³-hybridized carbons (Fsp3) is 0.391. The zero-order valence-electron chi connectivity index (χ0n) is 34.4. The molecule has 0 radical (unpaired) electrons. The van der Waals surface area contributed by atoms with Crippen LogP contribution in [-0.4, -0.2) is 94.7 Å². The van der Waals surface area contributed by atoms with Crippen LogP contribution in [0.4, 0.5) is 28.7 Å². The van der Waals surface area contributed by atoms with Gasteiger partial charge in [0, 0.05) is 67.2 Å². The van der Waals surface area contributed by atoms with E-state index in [4.69, 9.17) is 9.72 Å². The molecule has 14 nitrogen and oxygen atoms in total. The number of nitrogens with zero attached hydrogens (tertiary/aromatic N) is 7. The normalized spacial score (nSPS) is 20.3. The summed E-state index contributed by atoms with van der Waals surface area (Å²) in [5.74, 6) is 0.805. The molecule has 0 spiro atoms. The van der Waals surface area contributed by atoms with E-state index in [0.29, 0.717) is 46.4 Å². The van der Waals surface area contributed by atoms with E-state index >= 15 is 0 Å². The molecule has 10 rings (SSSR count). The number of aliphatic hydroxyl groups is 1. The van der Waals surface area contributed by atoms with Crippen LogP contribution in [-0.2, 0) is 25.9 Å². The Bertz CT molecular complexity index is 2540. The van der Waals surface area contributed by atoms with Crippen molar-refractivity contribution in [3.8, 4) is 17.0 Å². The minimum absolute atomic E-state index is 0.0427. The standard InChI is InChI=1S/C46H49N9O5S/c1-27-25-52(39-12-5-6-18-54(39)36-10-7-9-33-40(36)44(58)51-43(33)57)20-21-53(27)29-13-14-38(48-24-29)50-35-22-28(23-49-45(35)60-2)30-15-17-47-42(34(30)26-56)55-19-16-32-31-8-3-4-11-37(31)61-41(32)46(55)59/h7,9-10,13-15,17,22-24,27,39,56H,3-6,8,11-12,16,18-21,25-26H2,1-2H3,(H,48,50)(H,51,57,58)/t27-,39?/m0/s1. The summed E-state index contributed by atoms with van der Waals surface area (Å²) in [5, 5.41) is 16.7. The van der Waals surface area contributed by atoms with Crippen LogP contribution in [0.2, 0.25) is 0 Å². The largest absolute Gasteiger partial charge is 0.480 e. The second-order valence-electron chi connectivity index (χ2n) is 16.5. The average molecular weight is 840 g/mol. The van der Waals surface area contributed by atoms with Gasteiger partial charge in [0.05, 0.1) is 53.5 Å². The maximum absolute atomic E-state index is 14.0. The summed E-state index contributed by atoms with van der Waals surface area (Å²) in [6.07, 6.45) is 13.8. The molecule has 1 unspecified atom stereocenters. The van der Waals surface area contributed by atoms with Crippen molar-refractivity contribution in [2.45, 2.75) is 77.1 Å². The van der Waals surface area contributed by atoms with Crippen LogP contribution >= 0.6 is 11.3 Å². The summed E-state index contributed by atoms with van der Waals surface area (Å²) in [5.41, 5.74) is 8.06. The first-order chi connectivity index (χ1) is 29.8. The van der Waals surface area contributed by atoms with E-state index in [-0.39, 0.29) is 36.5 Å². The van der Waals surface area contributed by atoms with E-state index in [9.17, 15) is 19.5 Å². The van der Waals surface area contributed by atoms with Gasteiger partial charge in [0.25, 0.3) is 17.7 Å². The Labute approximate surface area is 358 Å². The van der Waals surface area contributed by atoms with Crippen molar-refractivity contribution < 1.29 is 24.2 Å². The Morgan fingerprint density at radius 1 is 0.885 bits per heavy atom. The fourth-order valence-corrected chi connectivity index (χ4v) is 11.5. The van der Waals surface area contributed by atoms with Gasteiger partial charge in [0.15, 0.2) is 0 Å². The molecule has 2 saturated heterocycles. The third-order valence-corrected chi connectivity index (χ3v) is 14.4. The number of pyridine rings is 3. The molecule has 1 aliphatic carbocycles. The van der Waals surface area contributed by atoms with E-state index in [2.05, 4.69) is 48.3 Å². The number of ether oxygens (including phenoxy) is 1. The highest BCUT2D eigenvalue weighted by Gasteiger charge is 2.38. The van der Waals surface area contributed by atoms with Gasteiger partial charge in [0.2, 0.25) is 5.88 Å². The van der Waals surface area contributed by atoms with Crippen molar-refractivity contribution in [1.29, 1.82) is 0 Å². The zero-order chi connectivity index (χ0) is 41.8. The number of imide groups is 1. The van der Waals surface area contributed by atoms with Crippen molar-refractivity contribution in [1.82, 2.24) is 25.2 Å². The Morgan fingerprint density at radius 3 is 2.59 bits per heavy atom. The molecule has 2 fully saturated rings. The molecule has 3 amide bonds. The number of anilines is 5. The van der Waals surface area contributed by atoms with Crippen LogP contribution in [0.25, 0.3) is 11.1 Å². The number of nitrogens with one attached hydrogen (secondary N) is 2. The highest BCUT2D eigenvalue weighted by atomic mass is 32.1. The molecule has 0 bridgehead atoms. The third kappa shape index (κ3) is 6.97. The van der Waals surface area contributed by atoms with Crippen LogP contribution in [0.3, 0.4) is 0 Å². The molecule has 5 aromatic rings. The van der Waals surface area contributed by atoms with Crippen molar-refractivity contribution in [2.75, 3.05) is 59.9 Å². The minimum Gasteiger partial charge on any atom is -0.480 e. The van der Waals surface area contributed by atoms with Gasteiger partial charge in [-0.1, -0.05) is 6.07 Å². The summed E-state index contributed by atoms with van der Waals surface area (Å²) >= 11 is 1.64. The number of aryl methyl sites for hydroxylation is 1. The number of aliphatic hydroxyl groups excluding tert-OH is 1. The first-order valence-electron chi connectivity index (χ1n) is 21.4. The molecule has 0 saturated carbocycles. The van der Waals surface area contributed by atoms with Crippen LogP contribution < -0.4 is 30.1 Å². The Morgan fingerprint density at radius 2 is 1.77 bits per heavy atom. The van der Waals surface area contributed by atoms with Crippen molar-refractivity contribution >= 4 is 57.8 Å². The lowest BCUT2D eigenvalue weighted by Crippen LogP contribution is -2.60. The maximum atomic E-state index is 14.0. The summed E-state index contributed by atoms with van der Waals surface area (Å²) in [7, 11) is 1.57. The minimum atomic E-state index is -0.324. The molecule has 3 N–H and O–H groups in total. The summed E-state index contributed by atoms with van der Waals surface area (Å²) in [6, 6.07) is 13.6. The monoisotopic (exact) mass is 839 g/mol. The van der Waals surface area contributed by atoms with Crippen molar-refractivity contribution in [3.63, 3.8) is 0 Å². The van der Waals surface area contributed by atoms with Crippen LogP contribution in [0.1, 0.15) is 91.0 Å². The number of fused-ring (bicyclic) bond motifs is 4. The third-order valence-electron chi connectivity index (χ3n) is 13.1. The van der Waals surface area contributed by atoms with Gasteiger partial charge >= 0.3 is 0 Å². The molecule has 5 aliphatic rings. The second kappa shape index (κ2) is 16.2.